The molecule has 1 aromatic heterocycles. The molecule has 8 heteroatoms. The highest BCUT2D eigenvalue weighted by molar-refractivity contribution is 7.71. The van der Waals surface area contributed by atoms with Gasteiger partial charge in [-0.2, -0.15) is 0 Å². The molecule has 2 rings (SSSR count). The Morgan fingerprint density at radius 1 is 1.06 bits per heavy atom. The fourth-order valence-corrected chi connectivity index (χ4v) is 3.32. The third-order valence-electron chi connectivity index (χ3n) is 1.51. The lowest BCUT2D eigenvalue weighted by molar-refractivity contribution is -2.00. The Balaban J connectivity index is 0.000000249. The average molecular weight is 313 g/mol. The lowest BCUT2D eigenvalue weighted by Crippen LogP contribution is -2.68. The average Bonchev–Trinajstić information content (AvgIpc) is 2.64. The van der Waals surface area contributed by atoms with Crippen molar-refractivity contribution < 1.29 is 28.9 Å². The fraction of sp³-hybridized carbons (Fsp3) is 0. The van der Waals surface area contributed by atoms with Crippen molar-refractivity contribution in [1.82, 2.24) is 0 Å². The van der Waals surface area contributed by atoms with E-state index in [4.69, 9.17) is 30.2 Å². The molecule has 17 heavy (non-hydrogen) atoms. The van der Waals surface area contributed by atoms with E-state index in [1.807, 2.05) is 24.3 Å². The first-order chi connectivity index (χ1) is 7.86. The zero-order chi connectivity index (χ0) is 12.9. The first kappa shape index (κ1) is 14.7. The molecule has 0 saturated heterocycles. The molecular formula is C9H6Cl2O4S2. The van der Waals surface area contributed by atoms with Gasteiger partial charge in [-0.1, -0.05) is 29.8 Å². The smallest absolute Gasteiger partial charge is 0.222 e. The van der Waals surface area contributed by atoms with Crippen LogP contribution < -0.4 is 18.6 Å². The summed E-state index contributed by atoms with van der Waals surface area (Å²) >= 11 is 5.84. The van der Waals surface area contributed by atoms with Crippen molar-refractivity contribution in [3.8, 4) is 10.4 Å². The first-order valence-corrected chi connectivity index (χ1v) is 7.88. The maximum atomic E-state index is 8.49. The summed E-state index contributed by atoms with van der Waals surface area (Å²) in [4.78, 5) is 1.24. The molecular weight excluding hydrogens is 307 g/mol. The van der Waals surface area contributed by atoms with Gasteiger partial charge in [0, 0.05) is 11.6 Å². The molecule has 0 atom stereocenters. The van der Waals surface area contributed by atoms with Gasteiger partial charge in [-0.3, -0.25) is 0 Å². The Kier molecular flexibility index (Phi) is 5.71. The van der Waals surface area contributed by atoms with Gasteiger partial charge < -0.3 is 0 Å². The van der Waals surface area contributed by atoms with Crippen molar-refractivity contribution >= 4 is 32.3 Å². The minimum absolute atomic E-state index is 0.860. The number of hydrogen-bond donors (Lipinski definition) is 0. The monoisotopic (exact) mass is 312 g/mol. The molecule has 0 unspecified atom stereocenters. The van der Waals surface area contributed by atoms with E-state index in [9.17, 15) is 0 Å². The molecule has 1 heterocycles. The molecule has 1 aromatic carbocycles. The molecule has 0 aliphatic heterocycles. The zero-order valence-corrected chi connectivity index (χ0v) is 11.3. The molecule has 0 aliphatic carbocycles. The van der Waals surface area contributed by atoms with Gasteiger partial charge in [-0.15, -0.1) is 10.2 Å². The van der Waals surface area contributed by atoms with Crippen LogP contribution in [0.1, 0.15) is 0 Å². The molecule has 0 N–H and O–H groups in total. The van der Waals surface area contributed by atoms with Gasteiger partial charge in [-0.05, 0) is 12.1 Å². The summed E-state index contributed by atoms with van der Waals surface area (Å²) in [5.74, 6) is 0. The van der Waals surface area contributed by atoms with Crippen LogP contribution in [0.4, 0.5) is 0 Å². The molecule has 2 aromatic rings. The van der Waals surface area contributed by atoms with Crippen LogP contribution in [0.3, 0.4) is 0 Å². The second kappa shape index (κ2) is 6.58. The van der Waals surface area contributed by atoms with Crippen molar-refractivity contribution in [3.63, 3.8) is 0 Å². The standard InChI is InChI=1S/C9H6ClS2.ClHO4/c10-9-6-8(11-12-9)7-4-2-1-3-5-7;2-1(3,4)5/h1-6H;(H,2,3,4,5)/q+1;/p-1. The molecule has 0 amide bonds. The third kappa shape index (κ3) is 6.87. The second-order valence-corrected chi connectivity index (χ2v) is 6.32. The van der Waals surface area contributed by atoms with Gasteiger partial charge in [0.05, 0.1) is 0 Å². The van der Waals surface area contributed by atoms with Gasteiger partial charge >= 0.3 is 10.3 Å². The zero-order valence-electron chi connectivity index (χ0n) is 8.17. The third-order valence-corrected chi connectivity index (χ3v) is 4.35. The van der Waals surface area contributed by atoms with Crippen LogP contribution in [-0.2, 0) is 0 Å². The quantitative estimate of drug-likeness (QED) is 0.531. The van der Waals surface area contributed by atoms with E-state index in [1.165, 1.54) is 10.4 Å². The van der Waals surface area contributed by atoms with Crippen molar-refractivity contribution in [2.24, 2.45) is 0 Å². The lowest BCUT2D eigenvalue weighted by Gasteiger charge is -2.17. The van der Waals surface area contributed by atoms with E-state index in [0.717, 1.165) is 4.34 Å². The highest BCUT2D eigenvalue weighted by Crippen LogP contribution is 2.33. The second-order valence-electron chi connectivity index (χ2n) is 2.72. The van der Waals surface area contributed by atoms with E-state index in [1.54, 1.807) is 20.7 Å². The van der Waals surface area contributed by atoms with Crippen molar-refractivity contribution in [3.05, 3.63) is 40.7 Å². The highest BCUT2D eigenvalue weighted by atomic mass is 35.7. The maximum Gasteiger partial charge on any atom is 0.302 e. The maximum absolute atomic E-state index is 8.49. The predicted octanol–water partition coefficient (Wildman–Crippen LogP) is -0.345. The van der Waals surface area contributed by atoms with Crippen LogP contribution in [-0.4, -0.2) is 0 Å². The van der Waals surface area contributed by atoms with Gasteiger partial charge in [0.25, 0.3) is 4.88 Å². The Hall–Kier alpha value is -0.310. The first-order valence-electron chi connectivity index (χ1n) is 4.12. The molecule has 0 fully saturated rings. The van der Waals surface area contributed by atoms with E-state index >= 15 is 0 Å². The van der Waals surface area contributed by atoms with Crippen LogP contribution in [0.5, 0.6) is 0 Å². The largest absolute Gasteiger partial charge is 0.302 e. The van der Waals surface area contributed by atoms with Crippen molar-refractivity contribution in [1.29, 1.82) is 0 Å². The minimum Gasteiger partial charge on any atom is -0.222 e. The Morgan fingerprint density at radius 3 is 2.00 bits per heavy atom. The molecule has 0 aliphatic rings. The van der Waals surface area contributed by atoms with Gasteiger partial charge in [0.2, 0.25) is 0 Å². The highest BCUT2D eigenvalue weighted by Gasteiger charge is 2.13. The summed E-state index contributed by atoms with van der Waals surface area (Å²) in [6, 6.07) is 12.3. The van der Waals surface area contributed by atoms with E-state index in [-0.39, 0.29) is 0 Å². The summed E-state index contributed by atoms with van der Waals surface area (Å²) < 4.78 is 34.8. The van der Waals surface area contributed by atoms with E-state index in [2.05, 4.69) is 12.1 Å². The normalized spacial score (nSPS) is 10.6. The van der Waals surface area contributed by atoms with Crippen molar-refractivity contribution in [2.75, 3.05) is 0 Å². The van der Waals surface area contributed by atoms with E-state index < -0.39 is 10.2 Å². The summed E-state index contributed by atoms with van der Waals surface area (Å²) in [6.45, 7) is 0. The molecule has 0 saturated carbocycles. The molecule has 0 spiro atoms. The summed E-state index contributed by atoms with van der Waals surface area (Å²) in [7, 11) is -1.63. The van der Waals surface area contributed by atoms with Crippen LogP contribution >= 0.6 is 32.3 Å². The predicted molar refractivity (Wildman–Crippen MR) is 57.0 cm³/mol. The van der Waals surface area contributed by atoms with E-state index in [0.29, 0.717) is 0 Å². The van der Waals surface area contributed by atoms with Crippen molar-refractivity contribution in [2.45, 2.75) is 0 Å². The summed E-state index contributed by atoms with van der Waals surface area (Å²) in [5, 5.41) is 0. The van der Waals surface area contributed by atoms with Crippen LogP contribution in [0, 0.1) is 10.2 Å². The lowest BCUT2D eigenvalue weighted by atomic mass is 10.2. The molecule has 4 nitrogen and oxygen atoms in total. The van der Waals surface area contributed by atoms with Gasteiger partial charge in [0.15, 0.2) is 14.7 Å². The van der Waals surface area contributed by atoms with Gasteiger partial charge in [-0.25, -0.2) is 18.6 Å². The summed E-state index contributed by atoms with van der Waals surface area (Å²) in [6.07, 6.45) is 0. The Bertz CT molecular complexity index is 450. The topological polar surface area (TPSA) is 92.2 Å². The molecule has 0 bridgehead atoms. The number of hydrogen-bond acceptors (Lipinski definition) is 5. The Labute approximate surface area is 112 Å². The Morgan fingerprint density at radius 2 is 1.59 bits per heavy atom. The van der Waals surface area contributed by atoms with Crippen LogP contribution in [0.15, 0.2) is 36.4 Å². The fourth-order valence-electron chi connectivity index (χ4n) is 0.970. The molecule has 0 radical (unpaired) electrons. The van der Waals surface area contributed by atoms with Crippen LogP contribution in [0.2, 0.25) is 4.34 Å². The van der Waals surface area contributed by atoms with Crippen LogP contribution in [0.25, 0.3) is 10.4 Å². The summed E-state index contributed by atoms with van der Waals surface area (Å²) in [5.41, 5.74) is 1.24. The number of rotatable bonds is 1. The number of halogens is 2. The minimum atomic E-state index is -4.94. The molecule has 92 valence electrons. The van der Waals surface area contributed by atoms with Gasteiger partial charge in [0.1, 0.15) is 0 Å². The number of benzene rings is 1. The SMILES string of the molecule is Clc1cc(-c2ccccc2)[s+]s1.[O-][Cl+3]([O-])([O-])[O-].